The maximum atomic E-state index is 13.5. The lowest BCUT2D eigenvalue weighted by Gasteiger charge is -2.27. The zero-order valence-electron chi connectivity index (χ0n) is 18.3. The van der Waals surface area contributed by atoms with Gasteiger partial charge in [0.15, 0.2) is 5.13 Å². The number of aryl methyl sites for hydroxylation is 2. The van der Waals surface area contributed by atoms with Crippen LogP contribution in [0.15, 0.2) is 28.7 Å². The predicted octanol–water partition coefficient (Wildman–Crippen LogP) is 4.27. The smallest absolute Gasteiger partial charge is 0.263 e. The summed E-state index contributed by atoms with van der Waals surface area (Å²) in [5.74, 6) is 2.12. The molecule has 0 unspecified atom stereocenters. The molecule has 1 fully saturated rings. The standard InChI is InChI=1S/C23H29N3O4S/c1-4-29-18-6-7-20-21(15-18)31-23(24-20)26(9-5-8-25-10-12-28-13-11-25)22(27)19-14-16(2)30-17(19)3/h6-7,14-15H,4-5,8-13H2,1-3H3. The number of anilines is 1. The number of hydrogen-bond donors (Lipinski definition) is 0. The van der Waals surface area contributed by atoms with Crippen molar-refractivity contribution < 1.29 is 18.7 Å². The second kappa shape index (κ2) is 9.80. The van der Waals surface area contributed by atoms with Gasteiger partial charge in [0.05, 0.1) is 35.6 Å². The Kier molecular flexibility index (Phi) is 6.89. The highest BCUT2D eigenvalue weighted by Crippen LogP contribution is 2.33. The molecule has 1 saturated heterocycles. The van der Waals surface area contributed by atoms with Crippen molar-refractivity contribution in [3.63, 3.8) is 0 Å². The molecule has 0 bridgehead atoms. The van der Waals surface area contributed by atoms with Crippen molar-refractivity contribution in [3.8, 4) is 5.75 Å². The molecule has 0 radical (unpaired) electrons. The number of hydrogen-bond acceptors (Lipinski definition) is 7. The molecule has 1 amide bonds. The fourth-order valence-electron chi connectivity index (χ4n) is 3.81. The number of morpholine rings is 1. The predicted molar refractivity (Wildman–Crippen MR) is 123 cm³/mol. The molecule has 31 heavy (non-hydrogen) atoms. The number of amides is 1. The summed E-state index contributed by atoms with van der Waals surface area (Å²) in [6.07, 6.45) is 0.863. The van der Waals surface area contributed by atoms with E-state index in [2.05, 4.69) is 4.90 Å². The molecule has 1 aromatic carbocycles. The molecule has 1 aliphatic heterocycles. The van der Waals surface area contributed by atoms with Gasteiger partial charge in [-0.15, -0.1) is 0 Å². The van der Waals surface area contributed by atoms with E-state index in [0.717, 1.165) is 61.0 Å². The maximum absolute atomic E-state index is 13.5. The van der Waals surface area contributed by atoms with Crippen LogP contribution in [0.25, 0.3) is 10.2 Å². The highest BCUT2D eigenvalue weighted by molar-refractivity contribution is 7.22. The topological polar surface area (TPSA) is 68.0 Å². The number of carbonyl (C=O) groups excluding carboxylic acids is 1. The molecule has 1 aliphatic rings. The zero-order valence-corrected chi connectivity index (χ0v) is 19.2. The minimum Gasteiger partial charge on any atom is -0.494 e. The number of furan rings is 1. The van der Waals surface area contributed by atoms with E-state index in [9.17, 15) is 4.79 Å². The Morgan fingerprint density at radius 3 is 2.77 bits per heavy atom. The summed E-state index contributed by atoms with van der Waals surface area (Å²) in [5.41, 5.74) is 1.47. The number of thiazole rings is 1. The molecular formula is C23H29N3O4S. The minimum absolute atomic E-state index is 0.0691. The third-order valence-electron chi connectivity index (χ3n) is 5.37. The van der Waals surface area contributed by atoms with Crippen LogP contribution in [0.4, 0.5) is 5.13 Å². The van der Waals surface area contributed by atoms with E-state index in [1.807, 2.05) is 45.0 Å². The molecule has 0 aliphatic carbocycles. The first-order chi connectivity index (χ1) is 15.0. The second-order valence-electron chi connectivity index (χ2n) is 7.65. The zero-order chi connectivity index (χ0) is 21.8. The normalized spacial score (nSPS) is 14.8. The Bertz CT molecular complexity index is 1040. The van der Waals surface area contributed by atoms with Gasteiger partial charge in [0, 0.05) is 26.2 Å². The molecular weight excluding hydrogens is 414 g/mol. The maximum Gasteiger partial charge on any atom is 0.263 e. The molecule has 8 heteroatoms. The Morgan fingerprint density at radius 2 is 2.06 bits per heavy atom. The van der Waals surface area contributed by atoms with Crippen molar-refractivity contribution in [3.05, 3.63) is 41.3 Å². The second-order valence-corrected chi connectivity index (χ2v) is 8.66. The lowest BCUT2D eigenvalue weighted by atomic mass is 10.2. The Balaban J connectivity index is 1.58. The van der Waals surface area contributed by atoms with Crippen LogP contribution in [0.1, 0.15) is 35.2 Å². The van der Waals surface area contributed by atoms with Crippen molar-refractivity contribution in [2.75, 3.05) is 50.9 Å². The first-order valence-electron chi connectivity index (χ1n) is 10.8. The van der Waals surface area contributed by atoms with Crippen LogP contribution in [-0.4, -0.2) is 61.8 Å². The highest BCUT2D eigenvalue weighted by Gasteiger charge is 2.25. The molecule has 3 aromatic rings. The number of nitrogens with zero attached hydrogens (tertiary/aromatic N) is 3. The van der Waals surface area contributed by atoms with Gasteiger partial charge in [0.25, 0.3) is 5.91 Å². The van der Waals surface area contributed by atoms with E-state index >= 15 is 0 Å². The average molecular weight is 444 g/mol. The van der Waals surface area contributed by atoms with Gasteiger partial charge in [-0.2, -0.15) is 0 Å². The van der Waals surface area contributed by atoms with Gasteiger partial charge < -0.3 is 13.9 Å². The van der Waals surface area contributed by atoms with Gasteiger partial charge in [0.1, 0.15) is 17.3 Å². The number of carbonyl (C=O) groups is 1. The third-order valence-corrected chi connectivity index (χ3v) is 6.41. The molecule has 0 N–H and O–H groups in total. The van der Waals surface area contributed by atoms with E-state index in [1.165, 1.54) is 11.3 Å². The monoisotopic (exact) mass is 443 g/mol. The van der Waals surface area contributed by atoms with Crippen LogP contribution < -0.4 is 9.64 Å². The number of aromatic nitrogens is 1. The molecule has 4 rings (SSSR count). The summed E-state index contributed by atoms with van der Waals surface area (Å²) in [6, 6.07) is 7.67. The van der Waals surface area contributed by atoms with Gasteiger partial charge in [-0.25, -0.2) is 4.98 Å². The fourth-order valence-corrected chi connectivity index (χ4v) is 4.83. The molecule has 2 aromatic heterocycles. The summed E-state index contributed by atoms with van der Waals surface area (Å²) >= 11 is 1.52. The molecule has 166 valence electrons. The minimum atomic E-state index is -0.0691. The summed E-state index contributed by atoms with van der Waals surface area (Å²) in [4.78, 5) is 22.4. The van der Waals surface area contributed by atoms with Crippen LogP contribution in [0.5, 0.6) is 5.75 Å². The first kappa shape index (κ1) is 21.8. The van der Waals surface area contributed by atoms with E-state index in [4.69, 9.17) is 18.9 Å². The number of ether oxygens (including phenoxy) is 2. The van der Waals surface area contributed by atoms with Crippen LogP contribution >= 0.6 is 11.3 Å². The first-order valence-corrected chi connectivity index (χ1v) is 11.6. The third kappa shape index (κ3) is 5.08. The van der Waals surface area contributed by atoms with E-state index in [1.54, 1.807) is 4.90 Å². The van der Waals surface area contributed by atoms with Crippen LogP contribution in [0, 0.1) is 13.8 Å². The number of fused-ring (bicyclic) bond motifs is 1. The van der Waals surface area contributed by atoms with E-state index < -0.39 is 0 Å². The van der Waals surface area contributed by atoms with Crippen LogP contribution in [-0.2, 0) is 4.74 Å². The lowest BCUT2D eigenvalue weighted by molar-refractivity contribution is 0.0376. The van der Waals surface area contributed by atoms with Gasteiger partial charge in [-0.3, -0.25) is 14.6 Å². The Morgan fingerprint density at radius 1 is 1.26 bits per heavy atom. The number of benzene rings is 1. The largest absolute Gasteiger partial charge is 0.494 e. The Labute approximate surface area is 186 Å². The average Bonchev–Trinajstić information content (AvgIpc) is 3.33. The van der Waals surface area contributed by atoms with Crippen LogP contribution in [0.2, 0.25) is 0 Å². The quantitative estimate of drug-likeness (QED) is 0.518. The van der Waals surface area contributed by atoms with E-state index in [0.29, 0.717) is 29.6 Å². The molecule has 0 spiro atoms. The van der Waals surface area contributed by atoms with Gasteiger partial charge in [0.2, 0.25) is 0 Å². The highest BCUT2D eigenvalue weighted by atomic mass is 32.1. The molecule has 0 saturated carbocycles. The van der Waals surface area contributed by atoms with Gasteiger partial charge in [-0.05, 0) is 51.5 Å². The van der Waals surface area contributed by atoms with Crippen molar-refractivity contribution in [2.24, 2.45) is 0 Å². The summed E-state index contributed by atoms with van der Waals surface area (Å²) in [5, 5.41) is 0.703. The van der Waals surface area contributed by atoms with Crippen molar-refractivity contribution in [1.29, 1.82) is 0 Å². The van der Waals surface area contributed by atoms with Crippen molar-refractivity contribution in [2.45, 2.75) is 27.2 Å². The molecule has 3 heterocycles. The van der Waals surface area contributed by atoms with Crippen molar-refractivity contribution in [1.82, 2.24) is 9.88 Å². The molecule has 7 nitrogen and oxygen atoms in total. The van der Waals surface area contributed by atoms with E-state index in [-0.39, 0.29) is 5.91 Å². The number of rotatable bonds is 8. The van der Waals surface area contributed by atoms with Crippen molar-refractivity contribution >= 4 is 32.6 Å². The summed E-state index contributed by atoms with van der Waals surface area (Å²) < 4.78 is 17.7. The SMILES string of the molecule is CCOc1ccc2nc(N(CCCN3CCOCC3)C(=O)c3cc(C)oc3C)sc2c1. The van der Waals surface area contributed by atoms with Gasteiger partial charge >= 0.3 is 0 Å². The fraction of sp³-hybridized carbons (Fsp3) is 0.478. The summed E-state index contributed by atoms with van der Waals surface area (Å²) in [7, 11) is 0. The Hall–Kier alpha value is -2.42. The lowest BCUT2D eigenvalue weighted by Crippen LogP contribution is -2.39. The summed E-state index contributed by atoms with van der Waals surface area (Å²) in [6.45, 7) is 11.2. The van der Waals surface area contributed by atoms with Crippen LogP contribution in [0.3, 0.4) is 0 Å². The van der Waals surface area contributed by atoms with Gasteiger partial charge in [-0.1, -0.05) is 11.3 Å². The molecule has 0 atom stereocenters.